The third kappa shape index (κ3) is 3.74. The Morgan fingerprint density at radius 1 is 1.27 bits per heavy atom. The van der Waals surface area contributed by atoms with Gasteiger partial charge in [0.25, 0.3) is 0 Å². The maximum absolute atomic E-state index is 5.40. The first kappa shape index (κ1) is 15.2. The van der Waals surface area contributed by atoms with E-state index in [-0.39, 0.29) is 0 Å². The van der Waals surface area contributed by atoms with Gasteiger partial charge in [-0.2, -0.15) is 5.10 Å². The molecule has 1 fully saturated rings. The van der Waals surface area contributed by atoms with Gasteiger partial charge in [0, 0.05) is 37.8 Å². The Bertz CT molecular complexity index is 563. The molecule has 2 aromatic rings. The zero-order valence-electron chi connectivity index (χ0n) is 13.1. The second-order valence-electron chi connectivity index (χ2n) is 5.76. The van der Waals surface area contributed by atoms with Crippen molar-refractivity contribution in [3.63, 3.8) is 0 Å². The molecular formula is C17H24N4O. The average Bonchev–Trinajstić information content (AvgIpc) is 3.05. The molecule has 0 saturated carbocycles. The number of hydrogen-bond acceptors (Lipinski definition) is 4. The minimum atomic E-state index is 0.524. The van der Waals surface area contributed by atoms with Gasteiger partial charge in [-0.1, -0.05) is 30.3 Å². The van der Waals surface area contributed by atoms with Gasteiger partial charge >= 0.3 is 0 Å². The number of ether oxygens (including phenoxy) is 1. The summed E-state index contributed by atoms with van der Waals surface area (Å²) in [5, 5.41) is 10.9. The number of nitrogens with zero attached hydrogens (tertiary/aromatic N) is 2. The first-order chi connectivity index (χ1) is 10.8. The normalized spacial score (nSPS) is 17.5. The quantitative estimate of drug-likeness (QED) is 0.855. The summed E-state index contributed by atoms with van der Waals surface area (Å²) in [4.78, 5) is 2.48. The van der Waals surface area contributed by atoms with Gasteiger partial charge in [0.15, 0.2) is 0 Å². The fraction of sp³-hybridized carbons (Fsp3) is 0.471. The molecule has 5 heteroatoms. The molecule has 1 saturated heterocycles. The van der Waals surface area contributed by atoms with Crippen LogP contribution < -0.4 is 5.32 Å². The molecule has 1 aliphatic rings. The van der Waals surface area contributed by atoms with E-state index < -0.39 is 0 Å². The molecule has 1 aliphatic heterocycles. The Kier molecular flexibility index (Phi) is 5.21. The van der Waals surface area contributed by atoms with E-state index in [1.807, 2.05) is 24.4 Å². The fourth-order valence-electron chi connectivity index (χ4n) is 2.86. The van der Waals surface area contributed by atoms with Crippen LogP contribution in [0, 0.1) is 0 Å². The maximum Gasteiger partial charge on any atom is 0.0695 e. The van der Waals surface area contributed by atoms with Gasteiger partial charge in [0.05, 0.1) is 25.1 Å². The van der Waals surface area contributed by atoms with Crippen molar-refractivity contribution in [1.82, 2.24) is 20.4 Å². The number of hydrogen-bond donors (Lipinski definition) is 2. The molecule has 0 radical (unpaired) electrons. The first-order valence-corrected chi connectivity index (χ1v) is 7.95. The number of benzene rings is 1. The van der Waals surface area contributed by atoms with E-state index >= 15 is 0 Å². The van der Waals surface area contributed by atoms with Crippen LogP contribution in [0.5, 0.6) is 0 Å². The van der Waals surface area contributed by atoms with Crippen LogP contribution in [0.1, 0.15) is 12.5 Å². The van der Waals surface area contributed by atoms with Crippen LogP contribution in [-0.4, -0.2) is 54.0 Å². The highest BCUT2D eigenvalue weighted by Crippen LogP contribution is 2.20. The molecule has 0 aliphatic carbocycles. The molecule has 3 rings (SSSR count). The molecule has 1 atom stereocenters. The third-order valence-corrected chi connectivity index (χ3v) is 4.20. The van der Waals surface area contributed by atoms with Gasteiger partial charge in [-0.05, 0) is 12.5 Å². The Labute approximate surface area is 131 Å². The van der Waals surface area contributed by atoms with Crippen molar-refractivity contribution in [3.8, 4) is 11.3 Å². The summed E-state index contributed by atoms with van der Waals surface area (Å²) < 4.78 is 5.40. The summed E-state index contributed by atoms with van der Waals surface area (Å²) in [6.45, 7) is 7.84. The van der Waals surface area contributed by atoms with Crippen molar-refractivity contribution in [2.75, 3.05) is 32.8 Å². The predicted octanol–water partition coefficient (Wildman–Crippen LogP) is 1.89. The smallest absolute Gasteiger partial charge is 0.0695 e. The summed E-state index contributed by atoms with van der Waals surface area (Å²) in [5.41, 5.74) is 3.49. The highest BCUT2D eigenvalue weighted by atomic mass is 16.5. The Morgan fingerprint density at radius 2 is 2.05 bits per heavy atom. The van der Waals surface area contributed by atoms with Crippen LogP contribution in [0.4, 0.5) is 0 Å². The lowest BCUT2D eigenvalue weighted by Crippen LogP contribution is -2.46. The molecule has 22 heavy (non-hydrogen) atoms. The molecule has 0 amide bonds. The zero-order valence-corrected chi connectivity index (χ0v) is 13.1. The number of aromatic nitrogens is 2. The van der Waals surface area contributed by atoms with Gasteiger partial charge in [-0.3, -0.25) is 10.00 Å². The number of rotatable bonds is 6. The van der Waals surface area contributed by atoms with Gasteiger partial charge in [0.1, 0.15) is 0 Å². The van der Waals surface area contributed by atoms with Gasteiger partial charge < -0.3 is 10.1 Å². The molecule has 5 nitrogen and oxygen atoms in total. The van der Waals surface area contributed by atoms with E-state index in [4.69, 9.17) is 4.74 Å². The van der Waals surface area contributed by atoms with E-state index in [9.17, 15) is 0 Å². The van der Waals surface area contributed by atoms with Gasteiger partial charge in [-0.25, -0.2) is 0 Å². The van der Waals surface area contributed by atoms with E-state index in [1.165, 1.54) is 11.1 Å². The molecular weight excluding hydrogens is 276 g/mol. The second kappa shape index (κ2) is 7.54. The summed E-state index contributed by atoms with van der Waals surface area (Å²) >= 11 is 0. The van der Waals surface area contributed by atoms with E-state index in [1.54, 1.807) is 0 Å². The van der Waals surface area contributed by atoms with Crippen LogP contribution in [-0.2, 0) is 11.3 Å². The highest BCUT2D eigenvalue weighted by molar-refractivity contribution is 5.62. The number of nitrogens with one attached hydrogen (secondary N) is 2. The lowest BCUT2D eigenvalue weighted by atomic mass is 10.1. The SMILES string of the molecule is C[C@H](CNCc1cn[nH]c1-c1ccccc1)N1CCOCC1. The molecule has 2 heterocycles. The molecule has 1 aromatic carbocycles. The van der Waals surface area contributed by atoms with Crippen LogP contribution in [0.2, 0.25) is 0 Å². The molecule has 0 bridgehead atoms. The first-order valence-electron chi connectivity index (χ1n) is 7.95. The molecule has 0 unspecified atom stereocenters. The third-order valence-electron chi connectivity index (χ3n) is 4.20. The molecule has 2 N–H and O–H groups in total. The van der Waals surface area contributed by atoms with Crippen molar-refractivity contribution >= 4 is 0 Å². The number of aromatic amines is 1. The van der Waals surface area contributed by atoms with Gasteiger partial charge in [0.2, 0.25) is 0 Å². The fourth-order valence-corrected chi connectivity index (χ4v) is 2.86. The summed E-state index contributed by atoms with van der Waals surface area (Å²) in [6.07, 6.45) is 1.91. The number of H-pyrrole nitrogens is 1. The summed E-state index contributed by atoms with van der Waals surface area (Å²) in [6, 6.07) is 10.9. The Hall–Kier alpha value is -1.69. The highest BCUT2D eigenvalue weighted by Gasteiger charge is 2.16. The zero-order chi connectivity index (χ0) is 15.2. The standard InChI is InChI=1S/C17H24N4O/c1-14(21-7-9-22-10-8-21)11-18-12-16-13-19-20-17(16)15-5-3-2-4-6-15/h2-6,13-14,18H,7-12H2,1H3,(H,19,20)/t14-/m1/s1. The molecule has 0 spiro atoms. The minimum absolute atomic E-state index is 0.524. The lowest BCUT2D eigenvalue weighted by molar-refractivity contribution is 0.0203. The van der Waals surface area contributed by atoms with Crippen molar-refractivity contribution < 1.29 is 4.74 Å². The van der Waals surface area contributed by atoms with Crippen molar-refractivity contribution in [2.24, 2.45) is 0 Å². The maximum atomic E-state index is 5.40. The van der Waals surface area contributed by atoms with E-state index in [0.29, 0.717) is 6.04 Å². The van der Waals surface area contributed by atoms with E-state index in [2.05, 4.69) is 39.5 Å². The van der Waals surface area contributed by atoms with Crippen LogP contribution >= 0.6 is 0 Å². The topological polar surface area (TPSA) is 53.2 Å². The Balaban J connectivity index is 1.53. The van der Waals surface area contributed by atoms with E-state index in [0.717, 1.165) is 45.1 Å². The second-order valence-corrected chi connectivity index (χ2v) is 5.76. The number of morpholine rings is 1. The molecule has 1 aromatic heterocycles. The van der Waals surface area contributed by atoms with Crippen LogP contribution in [0.15, 0.2) is 36.5 Å². The largest absolute Gasteiger partial charge is 0.379 e. The monoisotopic (exact) mass is 300 g/mol. The summed E-state index contributed by atoms with van der Waals surface area (Å²) in [7, 11) is 0. The van der Waals surface area contributed by atoms with Gasteiger partial charge in [-0.15, -0.1) is 0 Å². The minimum Gasteiger partial charge on any atom is -0.379 e. The van der Waals surface area contributed by atoms with Crippen molar-refractivity contribution in [2.45, 2.75) is 19.5 Å². The lowest BCUT2D eigenvalue weighted by Gasteiger charge is -2.32. The van der Waals surface area contributed by atoms with Crippen LogP contribution in [0.25, 0.3) is 11.3 Å². The summed E-state index contributed by atoms with van der Waals surface area (Å²) in [5.74, 6) is 0. The molecule has 118 valence electrons. The van der Waals surface area contributed by atoms with Crippen molar-refractivity contribution in [1.29, 1.82) is 0 Å². The predicted molar refractivity (Wildman–Crippen MR) is 87.6 cm³/mol. The average molecular weight is 300 g/mol. The van der Waals surface area contributed by atoms with Crippen LogP contribution in [0.3, 0.4) is 0 Å². The van der Waals surface area contributed by atoms with Crippen molar-refractivity contribution in [3.05, 3.63) is 42.1 Å². The Morgan fingerprint density at radius 3 is 2.82 bits per heavy atom.